The Labute approximate surface area is 245 Å². The largest absolute Gasteiger partial charge is 0.481 e. The highest BCUT2D eigenvalue weighted by Gasteiger charge is 2.36. The number of nitrogens with one attached hydrogen (secondary N) is 1. The van der Waals surface area contributed by atoms with E-state index in [-0.39, 0.29) is 18.9 Å². The molecule has 1 aromatic heterocycles. The van der Waals surface area contributed by atoms with E-state index in [1.165, 1.54) is 9.58 Å². The van der Waals surface area contributed by atoms with Crippen LogP contribution in [0.2, 0.25) is 10.0 Å². The van der Waals surface area contributed by atoms with Crippen molar-refractivity contribution in [1.29, 1.82) is 0 Å². The van der Waals surface area contributed by atoms with Gasteiger partial charge in [-0.1, -0.05) is 59.6 Å². The fourth-order valence-corrected chi connectivity index (χ4v) is 5.03. The van der Waals surface area contributed by atoms with E-state index in [1.807, 2.05) is 30.3 Å². The van der Waals surface area contributed by atoms with E-state index in [2.05, 4.69) is 20.8 Å². The van der Waals surface area contributed by atoms with Crippen molar-refractivity contribution in [2.45, 2.75) is 57.3 Å². The number of carbonyl (C=O) groups is 4. The van der Waals surface area contributed by atoms with E-state index in [1.54, 1.807) is 18.2 Å². The van der Waals surface area contributed by atoms with Crippen molar-refractivity contribution < 1.29 is 29.0 Å². The Kier molecular flexibility index (Phi) is 10.3. The molecular formula is C27H28Cl2N6O6. The summed E-state index contributed by atoms with van der Waals surface area (Å²) in [6.45, 7) is -0.0731. The Morgan fingerprint density at radius 2 is 1.78 bits per heavy atom. The summed E-state index contributed by atoms with van der Waals surface area (Å²) in [6.07, 6.45) is 0.498. The summed E-state index contributed by atoms with van der Waals surface area (Å²) < 4.78 is 6.62. The summed E-state index contributed by atoms with van der Waals surface area (Å²) in [6, 6.07) is 11.8. The molecule has 1 unspecified atom stereocenters. The second-order valence-corrected chi connectivity index (χ2v) is 10.3. The van der Waals surface area contributed by atoms with Gasteiger partial charge in [0.2, 0.25) is 5.91 Å². The number of likely N-dealkylation sites (tertiary alicyclic amines) is 1. The van der Waals surface area contributed by atoms with E-state index >= 15 is 0 Å². The van der Waals surface area contributed by atoms with Gasteiger partial charge in [0.15, 0.2) is 11.6 Å². The number of aliphatic carboxylic acids is 1. The van der Waals surface area contributed by atoms with Crippen LogP contribution in [-0.2, 0) is 38.7 Å². The number of rotatable bonds is 11. The molecule has 2 aromatic carbocycles. The summed E-state index contributed by atoms with van der Waals surface area (Å²) >= 11 is 12.5. The van der Waals surface area contributed by atoms with Crippen LogP contribution in [-0.4, -0.2) is 72.6 Å². The lowest BCUT2D eigenvalue weighted by Crippen LogP contribution is -2.55. The summed E-state index contributed by atoms with van der Waals surface area (Å²) in [4.78, 5) is 52.3. The van der Waals surface area contributed by atoms with Gasteiger partial charge in [-0.25, -0.2) is 9.48 Å². The number of nitrogens with zero attached hydrogens (tertiary/aromatic N) is 5. The molecule has 0 radical (unpaired) electrons. The standard InChI is InChI=1S/C27H28Cl2N6O6/c28-19-9-6-10-20(29)18(19)13-24-31-32-33-35(24)15-23(36)21(14-25(37)38)30-26(39)22-11-4-5-12-34(22)27(40)41-16-17-7-2-1-3-8-17/h1-3,6-10,21-22H,4-5,11-16H2,(H,30,39)(H,37,38)/t21?,22-/m0/s1. The molecule has 0 aliphatic carbocycles. The van der Waals surface area contributed by atoms with Gasteiger partial charge in [-0.05, 0) is 52.9 Å². The first kappa shape index (κ1) is 29.9. The summed E-state index contributed by atoms with van der Waals surface area (Å²) in [5.41, 5.74) is 1.36. The lowest BCUT2D eigenvalue weighted by atomic mass is 10.0. The van der Waals surface area contributed by atoms with E-state index in [0.29, 0.717) is 41.4 Å². The molecule has 1 aliphatic rings. The van der Waals surface area contributed by atoms with Crippen molar-refractivity contribution in [3.8, 4) is 0 Å². The maximum atomic E-state index is 13.3. The number of ether oxygens (including phenoxy) is 1. The van der Waals surface area contributed by atoms with Gasteiger partial charge in [0.05, 0.1) is 12.5 Å². The molecule has 2 amide bonds. The van der Waals surface area contributed by atoms with Crippen LogP contribution in [0.3, 0.4) is 0 Å². The number of benzene rings is 2. The zero-order valence-electron chi connectivity index (χ0n) is 21.9. The van der Waals surface area contributed by atoms with Crippen molar-refractivity contribution in [2.24, 2.45) is 0 Å². The van der Waals surface area contributed by atoms with Crippen LogP contribution >= 0.6 is 23.2 Å². The molecule has 2 N–H and O–H groups in total. The molecule has 0 bridgehead atoms. The van der Waals surface area contributed by atoms with Crippen LogP contribution in [0.4, 0.5) is 4.79 Å². The first-order valence-electron chi connectivity index (χ1n) is 12.9. The van der Waals surface area contributed by atoms with Crippen molar-refractivity contribution in [2.75, 3.05) is 6.54 Å². The van der Waals surface area contributed by atoms with Crippen molar-refractivity contribution in [3.05, 3.63) is 75.5 Å². The number of halogens is 2. The number of hydrogen-bond donors (Lipinski definition) is 2. The zero-order valence-corrected chi connectivity index (χ0v) is 23.4. The number of amides is 2. The molecule has 1 saturated heterocycles. The average molecular weight is 603 g/mol. The Bertz CT molecular complexity index is 1380. The highest BCUT2D eigenvalue weighted by molar-refractivity contribution is 6.36. The molecule has 0 saturated carbocycles. The number of hydrogen-bond acceptors (Lipinski definition) is 8. The molecule has 216 valence electrons. The second kappa shape index (κ2) is 14.0. The predicted molar refractivity (Wildman–Crippen MR) is 147 cm³/mol. The molecule has 3 aromatic rings. The van der Waals surface area contributed by atoms with Crippen molar-refractivity contribution >= 4 is 47.0 Å². The first-order chi connectivity index (χ1) is 19.7. The highest BCUT2D eigenvalue weighted by atomic mass is 35.5. The molecule has 2 heterocycles. The smallest absolute Gasteiger partial charge is 0.410 e. The number of Topliss-reactive ketones (excluding diaryl/α,β-unsaturated/α-hetero) is 1. The maximum Gasteiger partial charge on any atom is 0.410 e. The topological polar surface area (TPSA) is 157 Å². The number of carboxylic acid groups (broad SMARTS) is 1. The Hall–Kier alpha value is -4.03. The quantitative estimate of drug-likeness (QED) is 0.336. The number of carboxylic acids is 1. The van der Waals surface area contributed by atoms with Crippen LogP contribution in [0, 0.1) is 0 Å². The minimum Gasteiger partial charge on any atom is -0.481 e. The van der Waals surface area contributed by atoms with Crippen LogP contribution in [0.5, 0.6) is 0 Å². The summed E-state index contributed by atoms with van der Waals surface area (Å²) in [5.74, 6) is -2.28. The van der Waals surface area contributed by atoms with Crippen LogP contribution in [0.15, 0.2) is 48.5 Å². The third kappa shape index (κ3) is 8.01. The average Bonchev–Trinajstić information content (AvgIpc) is 3.40. The third-order valence-electron chi connectivity index (χ3n) is 6.64. The van der Waals surface area contributed by atoms with Gasteiger partial charge in [0.1, 0.15) is 19.2 Å². The first-order valence-corrected chi connectivity index (χ1v) is 13.7. The van der Waals surface area contributed by atoms with Crippen LogP contribution < -0.4 is 5.32 Å². The minimum absolute atomic E-state index is 0.0400. The predicted octanol–water partition coefficient (Wildman–Crippen LogP) is 3.29. The van der Waals surface area contributed by atoms with Gasteiger partial charge in [0.25, 0.3) is 0 Å². The molecule has 1 fully saturated rings. The Morgan fingerprint density at radius 3 is 2.49 bits per heavy atom. The van der Waals surface area contributed by atoms with E-state index in [0.717, 1.165) is 5.56 Å². The number of tetrazole rings is 1. The van der Waals surface area contributed by atoms with Gasteiger partial charge in [-0.15, -0.1) is 5.10 Å². The Morgan fingerprint density at radius 1 is 1.05 bits per heavy atom. The normalized spacial score (nSPS) is 15.7. The Balaban J connectivity index is 1.43. The number of ketones is 1. The van der Waals surface area contributed by atoms with Gasteiger partial charge in [-0.3, -0.25) is 19.3 Å². The molecule has 12 nitrogen and oxygen atoms in total. The van der Waals surface area contributed by atoms with Crippen LogP contribution in [0.1, 0.15) is 42.6 Å². The zero-order chi connectivity index (χ0) is 29.4. The SMILES string of the molecule is O=C(O)CC(NC(=O)[C@@H]1CCCCN1C(=O)OCc1ccccc1)C(=O)Cn1nnnc1Cc1c(Cl)cccc1Cl. The molecule has 2 atom stereocenters. The van der Waals surface area contributed by atoms with Gasteiger partial charge in [0, 0.05) is 23.0 Å². The second-order valence-electron chi connectivity index (χ2n) is 9.50. The van der Waals surface area contributed by atoms with E-state index in [4.69, 9.17) is 27.9 Å². The third-order valence-corrected chi connectivity index (χ3v) is 7.35. The molecule has 1 aliphatic heterocycles. The summed E-state index contributed by atoms with van der Waals surface area (Å²) in [5, 5.41) is 24.2. The monoisotopic (exact) mass is 602 g/mol. The molecule has 0 spiro atoms. The lowest BCUT2D eigenvalue weighted by Gasteiger charge is -2.34. The van der Waals surface area contributed by atoms with Crippen molar-refractivity contribution in [3.63, 3.8) is 0 Å². The lowest BCUT2D eigenvalue weighted by molar-refractivity contribution is -0.141. The summed E-state index contributed by atoms with van der Waals surface area (Å²) in [7, 11) is 0. The van der Waals surface area contributed by atoms with E-state index < -0.39 is 48.8 Å². The number of carbonyl (C=O) groups excluding carboxylic acids is 3. The van der Waals surface area contributed by atoms with Gasteiger partial charge >= 0.3 is 12.1 Å². The molecule has 4 rings (SSSR count). The van der Waals surface area contributed by atoms with Gasteiger partial charge in [-0.2, -0.15) is 0 Å². The number of aromatic nitrogens is 4. The van der Waals surface area contributed by atoms with Crippen molar-refractivity contribution in [1.82, 2.24) is 30.4 Å². The fourth-order valence-electron chi connectivity index (χ4n) is 4.50. The maximum absolute atomic E-state index is 13.3. The molecule has 41 heavy (non-hydrogen) atoms. The minimum atomic E-state index is -1.38. The number of piperidine rings is 1. The highest BCUT2D eigenvalue weighted by Crippen LogP contribution is 2.26. The molecular weight excluding hydrogens is 575 g/mol. The van der Waals surface area contributed by atoms with Crippen LogP contribution in [0.25, 0.3) is 0 Å². The van der Waals surface area contributed by atoms with E-state index in [9.17, 15) is 24.3 Å². The van der Waals surface area contributed by atoms with Gasteiger partial charge < -0.3 is 15.2 Å². The molecule has 14 heteroatoms. The fraction of sp³-hybridized carbons (Fsp3) is 0.370.